The molecule has 0 aromatic carbocycles. The Morgan fingerprint density at radius 3 is 2.59 bits per heavy atom. The van der Waals surface area contributed by atoms with Gasteiger partial charge >= 0.3 is 0 Å². The summed E-state index contributed by atoms with van der Waals surface area (Å²) in [6, 6.07) is 1.71. The number of hydrogen-bond donors (Lipinski definition) is 1. The maximum Gasteiger partial charge on any atom is 0.174 e. The molecule has 1 aliphatic rings. The number of aromatic nitrogens is 2. The van der Waals surface area contributed by atoms with Crippen LogP contribution in [0.4, 0.5) is 5.69 Å². The van der Waals surface area contributed by atoms with Crippen LogP contribution in [-0.2, 0) is 16.3 Å². The van der Waals surface area contributed by atoms with Crippen molar-refractivity contribution in [1.29, 1.82) is 0 Å². The van der Waals surface area contributed by atoms with Crippen LogP contribution in [0, 0.1) is 5.92 Å². The van der Waals surface area contributed by atoms with E-state index in [0.29, 0.717) is 30.9 Å². The highest BCUT2D eigenvalue weighted by Gasteiger charge is 2.24. The van der Waals surface area contributed by atoms with Gasteiger partial charge in [0.1, 0.15) is 9.84 Å². The van der Waals surface area contributed by atoms with E-state index in [1.807, 2.05) is 0 Å². The molecule has 0 radical (unpaired) electrons. The van der Waals surface area contributed by atoms with Crippen LogP contribution in [0.3, 0.4) is 0 Å². The zero-order valence-electron chi connectivity index (χ0n) is 9.26. The van der Waals surface area contributed by atoms with Gasteiger partial charge in [0.2, 0.25) is 0 Å². The SMILES string of the molecule is Nc1cc(CC2CCS(=O)(=O)CC2)nnc1Cl. The molecule has 1 aliphatic heterocycles. The van der Waals surface area contributed by atoms with Gasteiger partial charge in [0.15, 0.2) is 5.15 Å². The fourth-order valence-corrected chi connectivity index (χ4v) is 3.65. The summed E-state index contributed by atoms with van der Waals surface area (Å²) in [6.07, 6.45) is 2.09. The number of nitrogen functional groups attached to an aromatic ring is 1. The highest BCUT2D eigenvalue weighted by atomic mass is 35.5. The molecule has 5 nitrogen and oxygen atoms in total. The zero-order chi connectivity index (χ0) is 12.5. The van der Waals surface area contributed by atoms with Crippen molar-refractivity contribution >= 4 is 27.1 Å². The number of nitrogens with zero attached hydrogens (tertiary/aromatic N) is 2. The Hall–Kier alpha value is -0.880. The lowest BCUT2D eigenvalue weighted by molar-refractivity contribution is 0.457. The predicted octanol–water partition coefficient (Wildman–Crippen LogP) is 1.08. The van der Waals surface area contributed by atoms with Gasteiger partial charge in [-0.25, -0.2) is 8.42 Å². The van der Waals surface area contributed by atoms with Crippen molar-refractivity contribution in [2.45, 2.75) is 19.3 Å². The molecule has 94 valence electrons. The monoisotopic (exact) mass is 275 g/mol. The minimum Gasteiger partial charge on any atom is -0.396 e. The first kappa shape index (κ1) is 12.6. The van der Waals surface area contributed by atoms with Crippen LogP contribution in [0.1, 0.15) is 18.5 Å². The van der Waals surface area contributed by atoms with E-state index < -0.39 is 9.84 Å². The number of halogens is 1. The Bertz CT molecular complexity index is 504. The number of sulfone groups is 1. The highest BCUT2D eigenvalue weighted by Crippen LogP contribution is 2.23. The van der Waals surface area contributed by atoms with Gasteiger partial charge in [-0.05, 0) is 31.2 Å². The summed E-state index contributed by atoms with van der Waals surface area (Å²) in [5.41, 5.74) is 6.83. The van der Waals surface area contributed by atoms with Crippen LogP contribution in [0.5, 0.6) is 0 Å². The topological polar surface area (TPSA) is 85.9 Å². The van der Waals surface area contributed by atoms with Gasteiger partial charge in [-0.1, -0.05) is 11.6 Å². The largest absolute Gasteiger partial charge is 0.396 e. The van der Waals surface area contributed by atoms with Gasteiger partial charge in [-0.3, -0.25) is 0 Å². The molecule has 2 heterocycles. The molecule has 2 rings (SSSR count). The molecule has 0 unspecified atom stereocenters. The quantitative estimate of drug-likeness (QED) is 0.873. The van der Waals surface area contributed by atoms with Gasteiger partial charge in [-0.2, -0.15) is 5.10 Å². The van der Waals surface area contributed by atoms with Crippen LogP contribution in [0.25, 0.3) is 0 Å². The fourth-order valence-electron chi connectivity index (χ4n) is 1.97. The molecular formula is C10H14ClN3O2S. The van der Waals surface area contributed by atoms with Crippen molar-refractivity contribution in [2.75, 3.05) is 17.2 Å². The van der Waals surface area contributed by atoms with Crippen LogP contribution < -0.4 is 5.73 Å². The summed E-state index contributed by atoms with van der Waals surface area (Å²) in [5.74, 6) is 0.885. The second-order valence-electron chi connectivity index (χ2n) is 4.38. The first-order chi connectivity index (χ1) is 7.96. The number of anilines is 1. The molecule has 1 aromatic heterocycles. The first-order valence-electron chi connectivity index (χ1n) is 5.44. The summed E-state index contributed by atoms with van der Waals surface area (Å²) in [5, 5.41) is 7.91. The number of nitrogens with two attached hydrogens (primary N) is 1. The molecule has 1 saturated heterocycles. The fraction of sp³-hybridized carbons (Fsp3) is 0.600. The Labute approximate surface area is 105 Å². The summed E-state index contributed by atoms with van der Waals surface area (Å²) < 4.78 is 22.6. The average molecular weight is 276 g/mol. The molecule has 1 fully saturated rings. The lowest BCUT2D eigenvalue weighted by atomic mass is 9.97. The molecule has 2 N–H and O–H groups in total. The summed E-state index contributed by atoms with van der Waals surface area (Å²) in [7, 11) is -2.80. The first-order valence-corrected chi connectivity index (χ1v) is 7.64. The zero-order valence-corrected chi connectivity index (χ0v) is 10.8. The van der Waals surface area contributed by atoms with Crippen LogP contribution >= 0.6 is 11.6 Å². The maximum absolute atomic E-state index is 11.3. The summed E-state index contributed by atoms with van der Waals surface area (Å²) in [6.45, 7) is 0. The van der Waals surface area contributed by atoms with Crippen molar-refractivity contribution in [2.24, 2.45) is 5.92 Å². The average Bonchev–Trinajstić information content (AvgIpc) is 2.27. The smallest absolute Gasteiger partial charge is 0.174 e. The lowest BCUT2D eigenvalue weighted by Gasteiger charge is -2.21. The van der Waals surface area contributed by atoms with Crippen molar-refractivity contribution in [3.63, 3.8) is 0 Å². The van der Waals surface area contributed by atoms with Gasteiger partial charge < -0.3 is 5.73 Å². The summed E-state index contributed by atoms with van der Waals surface area (Å²) >= 11 is 5.68. The van der Waals surface area contributed by atoms with E-state index in [9.17, 15) is 8.42 Å². The van der Waals surface area contributed by atoms with Crippen LogP contribution in [0.15, 0.2) is 6.07 Å². The van der Waals surface area contributed by atoms with E-state index in [2.05, 4.69) is 10.2 Å². The Morgan fingerprint density at radius 2 is 2.00 bits per heavy atom. The van der Waals surface area contributed by atoms with Crippen LogP contribution in [-0.4, -0.2) is 30.1 Å². The molecule has 0 amide bonds. The van der Waals surface area contributed by atoms with E-state index in [0.717, 1.165) is 5.69 Å². The van der Waals surface area contributed by atoms with Crippen molar-refractivity contribution < 1.29 is 8.42 Å². The van der Waals surface area contributed by atoms with Crippen molar-refractivity contribution in [3.05, 3.63) is 16.9 Å². The van der Waals surface area contributed by atoms with E-state index in [-0.39, 0.29) is 16.7 Å². The van der Waals surface area contributed by atoms with Crippen molar-refractivity contribution in [3.8, 4) is 0 Å². The molecular weight excluding hydrogens is 262 g/mol. The third-order valence-corrected chi connectivity index (χ3v) is 5.01. The number of rotatable bonds is 2. The van der Waals surface area contributed by atoms with Gasteiger partial charge in [0, 0.05) is 0 Å². The molecule has 0 aliphatic carbocycles. The standard InChI is InChI=1S/C10H14ClN3O2S/c11-10-9(12)6-8(13-14-10)5-7-1-3-17(15,16)4-2-7/h6-7H,1-5H2,(H2,12,13). The van der Waals surface area contributed by atoms with Gasteiger partial charge in [0.05, 0.1) is 22.9 Å². The normalized spacial score (nSPS) is 20.3. The van der Waals surface area contributed by atoms with Gasteiger partial charge in [0.25, 0.3) is 0 Å². The van der Waals surface area contributed by atoms with Gasteiger partial charge in [-0.15, -0.1) is 5.10 Å². The van der Waals surface area contributed by atoms with E-state index in [1.165, 1.54) is 0 Å². The van der Waals surface area contributed by atoms with Crippen LogP contribution in [0.2, 0.25) is 5.15 Å². The number of hydrogen-bond acceptors (Lipinski definition) is 5. The molecule has 7 heteroatoms. The molecule has 0 spiro atoms. The second-order valence-corrected chi connectivity index (χ2v) is 7.04. The Kier molecular flexibility index (Phi) is 3.53. The summed E-state index contributed by atoms with van der Waals surface area (Å²) in [4.78, 5) is 0. The molecule has 0 bridgehead atoms. The molecule has 17 heavy (non-hydrogen) atoms. The van der Waals surface area contributed by atoms with E-state index in [4.69, 9.17) is 17.3 Å². The second kappa shape index (κ2) is 4.78. The molecule has 0 atom stereocenters. The lowest BCUT2D eigenvalue weighted by Crippen LogP contribution is -2.24. The maximum atomic E-state index is 11.3. The Morgan fingerprint density at radius 1 is 1.35 bits per heavy atom. The van der Waals surface area contributed by atoms with Crippen molar-refractivity contribution in [1.82, 2.24) is 10.2 Å². The van der Waals surface area contributed by atoms with E-state index >= 15 is 0 Å². The van der Waals surface area contributed by atoms with E-state index in [1.54, 1.807) is 6.07 Å². The predicted molar refractivity (Wildman–Crippen MR) is 66.5 cm³/mol. The third-order valence-electron chi connectivity index (χ3n) is 3.00. The third kappa shape index (κ3) is 3.29. The highest BCUT2D eigenvalue weighted by molar-refractivity contribution is 7.91. The minimum atomic E-state index is -2.80. The molecule has 1 aromatic rings. The minimum absolute atomic E-state index is 0.208. The Balaban J connectivity index is 2.00. The molecule has 0 saturated carbocycles.